The van der Waals surface area contributed by atoms with Crippen molar-refractivity contribution in [2.75, 3.05) is 5.32 Å². The first-order valence-corrected chi connectivity index (χ1v) is 10.6. The molecule has 0 unspecified atom stereocenters. The van der Waals surface area contributed by atoms with Gasteiger partial charge in [-0.15, -0.1) is 10.2 Å². The van der Waals surface area contributed by atoms with Crippen LogP contribution in [0, 0.1) is 11.8 Å². The van der Waals surface area contributed by atoms with E-state index >= 15 is 0 Å². The summed E-state index contributed by atoms with van der Waals surface area (Å²) in [5.41, 5.74) is -0.182. The van der Waals surface area contributed by atoms with Gasteiger partial charge < -0.3 is 10.6 Å². The SMILES string of the molecule is C[C@@H]1CCC[C@@H](C)C12NC(=O)N(Cc1nnc(C(=O)Nc3ccccc3)s1)C2=O. The molecule has 9 heteroatoms. The number of hydrogen-bond donors (Lipinski definition) is 2. The largest absolute Gasteiger partial charge is 0.325 e. The molecule has 1 saturated carbocycles. The van der Waals surface area contributed by atoms with Crippen molar-refractivity contribution >= 4 is 34.9 Å². The predicted octanol–water partition coefficient (Wildman–Crippen LogP) is 3.04. The van der Waals surface area contributed by atoms with Gasteiger partial charge in [0.1, 0.15) is 10.5 Å². The Balaban J connectivity index is 1.48. The number of amides is 4. The molecule has 2 aromatic rings. The zero-order valence-electron chi connectivity index (χ0n) is 16.3. The normalized spacial score (nSPS) is 23.3. The van der Waals surface area contributed by atoms with Crippen molar-refractivity contribution in [2.24, 2.45) is 11.8 Å². The highest BCUT2D eigenvalue weighted by Gasteiger charge is 2.58. The Bertz CT molecular complexity index is 935. The first-order chi connectivity index (χ1) is 13.9. The molecule has 1 spiro atoms. The number of nitrogens with zero attached hydrogens (tertiary/aromatic N) is 3. The van der Waals surface area contributed by atoms with Crippen molar-refractivity contribution in [1.29, 1.82) is 0 Å². The lowest BCUT2D eigenvalue weighted by molar-refractivity contribution is -0.136. The lowest BCUT2D eigenvalue weighted by atomic mass is 9.67. The zero-order valence-corrected chi connectivity index (χ0v) is 17.2. The Morgan fingerprint density at radius 3 is 2.59 bits per heavy atom. The molecular formula is C20H23N5O3S. The first-order valence-electron chi connectivity index (χ1n) is 9.74. The van der Waals surface area contributed by atoms with Crippen LogP contribution in [0.15, 0.2) is 30.3 Å². The molecule has 0 radical (unpaired) electrons. The number of urea groups is 1. The maximum atomic E-state index is 13.2. The molecule has 1 saturated heterocycles. The number of nitrogens with one attached hydrogen (secondary N) is 2. The number of rotatable bonds is 4. The Labute approximate surface area is 172 Å². The smallest absolute Gasteiger partial charge is 0.323 e. The summed E-state index contributed by atoms with van der Waals surface area (Å²) in [5, 5.41) is 14.3. The number of para-hydroxylation sites is 1. The quantitative estimate of drug-likeness (QED) is 0.750. The number of imide groups is 1. The van der Waals surface area contributed by atoms with E-state index in [0.29, 0.717) is 10.7 Å². The fraction of sp³-hybridized carbons (Fsp3) is 0.450. The fourth-order valence-electron chi connectivity index (χ4n) is 4.35. The summed E-state index contributed by atoms with van der Waals surface area (Å²) in [4.78, 5) is 39.4. The molecule has 29 heavy (non-hydrogen) atoms. The predicted molar refractivity (Wildman–Crippen MR) is 108 cm³/mol. The van der Waals surface area contributed by atoms with Gasteiger partial charge in [0, 0.05) is 5.69 Å². The van der Waals surface area contributed by atoms with Crippen LogP contribution in [-0.4, -0.2) is 38.5 Å². The van der Waals surface area contributed by atoms with Crippen LogP contribution in [-0.2, 0) is 11.3 Å². The van der Waals surface area contributed by atoms with E-state index in [-0.39, 0.29) is 35.2 Å². The van der Waals surface area contributed by atoms with Crippen LogP contribution in [0.25, 0.3) is 0 Å². The number of anilines is 1. The number of hydrogen-bond acceptors (Lipinski definition) is 6. The van der Waals surface area contributed by atoms with E-state index in [1.807, 2.05) is 32.0 Å². The van der Waals surface area contributed by atoms with Gasteiger partial charge in [0.2, 0.25) is 5.01 Å². The molecule has 2 atom stereocenters. The molecule has 152 valence electrons. The molecule has 2 aliphatic rings. The van der Waals surface area contributed by atoms with Crippen molar-refractivity contribution in [3.8, 4) is 0 Å². The second-order valence-electron chi connectivity index (χ2n) is 7.74. The van der Waals surface area contributed by atoms with Crippen LogP contribution in [0.5, 0.6) is 0 Å². The molecule has 0 bridgehead atoms. The molecule has 1 aliphatic carbocycles. The summed E-state index contributed by atoms with van der Waals surface area (Å²) in [6.45, 7) is 4.06. The molecule has 1 aliphatic heterocycles. The van der Waals surface area contributed by atoms with Crippen LogP contribution in [0.3, 0.4) is 0 Å². The van der Waals surface area contributed by atoms with Gasteiger partial charge in [-0.3, -0.25) is 14.5 Å². The van der Waals surface area contributed by atoms with Crippen molar-refractivity contribution < 1.29 is 14.4 Å². The van der Waals surface area contributed by atoms with E-state index in [0.717, 1.165) is 30.6 Å². The summed E-state index contributed by atoms with van der Waals surface area (Å²) in [7, 11) is 0. The molecule has 2 N–H and O–H groups in total. The van der Waals surface area contributed by atoms with Crippen LogP contribution in [0.1, 0.15) is 47.9 Å². The minimum Gasteiger partial charge on any atom is -0.323 e. The highest BCUT2D eigenvalue weighted by molar-refractivity contribution is 7.13. The van der Waals surface area contributed by atoms with Gasteiger partial charge in [-0.2, -0.15) is 0 Å². The third-order valence-electron chi connectivity index (χ3n) is 5.97. The minimum absolute atomic E-state index is 0.0160. The summed E-state index contributed by atoms with van der Waals surface area (Å²) < 4.78 is 0. The van der Waals surface area contributed by atoms with Gasteiger partial charge in [-0.25, -0.2) is 4.79 Å². The molecule has 1 aromatic carbocycles. The average molecular weight is 414 g/mol. The molecule has 8 nitrogen and oxygen atoms in total. The number of carbonyl (C=O) groups excluding carboxylic acids is 3. The molecule has 2 fully saturated rings. The van der Waals surface area contributed by atoms with Gasteiger partial charge in [0.25, 0.3) is 11.8 Å². The van der Waals surface area contributed by atoms with Crippen LogP contribution in [0.2, 0.25) is 0 Å². The molecular weight excluding hydrogens is 390 g/mol. The van der Waals surface area contributed by atoms with Gasteiger partial charge >= 0.3 is 6.03 Å². The van der Waals surface area contributed by atoms with E-state index in [1.165, 1.54) is 4.90 Å². The summed E-state index contributed by atoms with van der Waals surface area (Å²) in [6.07, 6.45) is 2.88. The molecule has 2 heterocycles. The lowest BCUT2D eigenvalue weighted by Crippen LogP contribution is -2.58. The third kappa shape index (κ3) is 3.39. The molecule has 4 rings (SSSR count). The standard InChI is InChI=1S/C20H23N5O3S/c1-12-7-6-8-13(2)20(12)18(27)25(19(28)22-20)11-15-23-24-17(29-15)16(26)21-14-9-4-3-5-10-14/h3-5,9-10,12-13H,6-8,11H2,1-2H3,(H,21,26)(H,22,28)/t12-,13-/m1/s1. The maximum Gasteiger partial charge on any atom is 0.325 e. The van der Waals surface area contributed by atoms with Crippen LogP contribution in [0.4, 0.5) is 10.5 Å². The van der Waals surface area contributed by atoms with Gasteiger partial charge in [-0.1, -0.05) is 49.8 Å². The van der Waals surface area contributed by atoms with E-state index in [1.54, 1.807) is 12.1 Å². The fourth-order valence-corrected chi connectivity index (χ4v) is 5.07. The van der Waals surface area contributed by atoms with Crippen molar-refractivity contribution in [2.45, 2.75) is 45.2 Å². The highest BCUT2D eigenvalue weighted by atomic mass is 32.1. The number of carbonyl (C=O) groups is 3. The lowest BCUT2D eigenvalue weighted by Gasteiger charge is -2.42. The van der Waals surface area contributed by atoms with E-state index in [2.05, 4.69) is 20.8 Å². The Hall–Kier alpha value is -2.81. The van der Waals surface area contributed by atoms with Crippen LogP contribution >= 0.6 is 11.3 Å². The summed E-state index contributed by atoms with van der Waals surface area (Å²) >= 11 is 1.08. The molecule has 4 amide bonds. The monoisotopic (exact) mass is 413 g/mol. The third-order valence-corrected chi connectivity index (χ3v) is 6.88. The second kappa shape index (κ2) is 7.55. The minimum atomic E-state index is -0.840. The topological polar surface area (TPSA) is 104 Å². The van der Waals surface area contributed by atoms with Crippen molar-refractivity contribution in [3.05, 3.63) is 40.3 Å². The Morgan fingerprint density at radius 2 is 1.90 bits per heavy atom. The first kappa shape index (κ1) is 19.5. The summed E-state index contributed by atoms with van der Waals surface area (Å²) in [5.74, 6) is -0.417. The van der Waals surface area contributed by atoms with Crippen LogP contribution < -0.4 is 10.6 Å². The average Bonchev–Trinajstić information content (AvgIpc) is 3.27. The van der Waals surface area contributed by atoms with E-state index in [9.17, 15) is 14.4 Å². The Kier molecular flexibility index (Phi) is 5.08. The molecule has 1 aromatic heterocycles. The second-order valence-corrected chi connectivity index (χ2v) is 8.81. The maximum absolute atomic E-state index is 13.2. The summed E-state index contributed by atoms with van der Waals surface area (Å²) in [6, 6.07) is 8.65. The van der Waals surface area contributed by atoms with Gasteiger partial charge in [0.15, 0.2) is 0 Å². The Morgan fingerprint density at radius 1 is 1.21 bits per heavy atom. The van der Waals surface area contributed by atoms with E-state index < -0.39 is 11.6 Å². The number of benzene rings is 1. The van der Waals surface area contributed by atoms with E-state index in [4.69, 9.17) is 0 Å². The highest BCUT2D eigenvalue weighted by Crippen LogP contribution is 2.42. The van der Waals surface area contributed by atoms with Gasteiger partial charge in [0.05, 0.1) is 6.54 Å². The van der Waals surface area contributed by atoms with Crippen molar-refractivity contribution in [3.63, 3.8) is 0 Å². The number of aromatic nitrogens is 2. The van der Waals surface area contributed by atoms with Crippen molar-refractivity contribution in [1.82, 2.24) is 20.4 Å². The van der Waals surface area contributed by atoms with Gasteiger partial charge in [-0.05, 0) is 36.8 Å². The zero-order chi connectivity index (χ0) is 20.6.